The van der Waals surface area contributed by atoms with Crippen LogP contribution in [-0.2, 0) is 10.5 Å². The van der Waals surface area contributed by atoms with Gasteiger partial charge in [0.2, 0.25) is 0 Å². The Morgan fingerprint density at radius 2 is 1.90 bits per heavy atom. The molecule has 0 aliphatic carbocycles. The minimum absolute atomic E-state index is 0.0970. The zero-order chi connectivity index (χ0) is 21.3. The Labute approximate surface area is 189 Å². The summed E-state index contributed by atoms with van der Waals surface area (Å²) in [5.41, 5.74) is 4.53. The fourth-order valence-corrected chi connectivity index (χ4v) is 5.29. The van der Waals surface area contributed by atoms with E-state index in [0.717, 1.165) is 43.9 Å². The number of rotatable bonds is 1. The van der Waals surface area contributed by atoms with E-state index in [4.69, 9.17) is 9.84 Å². The molecule has 0 N–H and O–H groups in total. The number of hydrazone groups is 1. The molecule has 3 aliphatic rings. The number of anilines is 1. The average molecular weight is 474 g/mol. The van der Waals surface area contributed by atoms with Gasteiger partial charge in [0.05, 0.1) is 23.0 Å². The molecule has 31 heavy (non-hydrogen) atoms. The molecule has 3 aliphatic heterocycles. The van der Waals surface area contributed by atoms with Crippen molar-refractivity contribution in [3.8, 4) is 5.75 Å². The highest BCUT2D eigenvalue weighted by Crippen LogP contribution is 2.55. The maximum atomic E-state index is 13.8. The zero-order valence-electron chi connectivity index (χ0n) is 17.2. The van der Waals surface area contributed by atoms with Crippen molar-refractivity contribution < 1.29 is 9.53 Å². The van der Waals surface area contributed by atoms with E-state index in [-0.39, 0.29) is 11.9 Å². The third kappa shape index (κ3) is 2.48. The zero-order valence-corrected chi connectivity index (χ0v) is 18.8. The third-order valence-electron chi connectivity index (χ3n) is 6.40. The number of ether oxygens (including phenoxy) is 1. The predicted octanol–water partition coefficient (Wildman–Crippen LogP) is 5.13. The standard InChI is InChI=1S/C25H20BrN3O2/c1-15-8-10-21-19(12-15)25(24(30)28(21)2)29-22(18-13-17(26)9-11-23(18)31-25)14-20(27-29)16-6-4-3-5-7-16/h3-13,22H,14H2,1-2H3. The lowest BCUT2D eigenvalue weighted by molar-refractivity contribution is -0.163. The van der Waals surface area contributed by atoms with Gasteiger partial charge in [-0.05, 0) is 42.8 Å². The lowest BCUT2D eigenvalue weighted by atomic mass is 9.92. The smallest absolute Gasteiger partial charge is 0.306 e. The van der Waals surface area contributed by atoms with Gasteiger partial charge in [0.25, 0.3) is 5.91 Å². The Balaban J connectivity index is 1.61. The predicted molar refractivity (Wildman–Crippen MR) is 123 cm³/mol. The number of aryl methyl sites for hydroxylation is 1. The molecule has 6 heteroatoms. The molecule has 3 aromatic carbocycles. The van der Waals surface area contributed by atoms with E-state index in [1.54, 1.807) is 11.9 Å². The highest BCUT2D eigenvalue weighted by atomic mass is 79.9. The second kappa shape index (κ2) is 6.44. The lowest BCUT2D eigenvalue weighted by Gasteiger charge is -2.44. The number of hydrogen-bond acceptors (Lipinski definition) is 4. The van der Waals surface area contributed by atoms with E-state index in [2.05, 4.69) is 34.1 Å². The molecule has 6 rings (SSSR count). The molecule has 3 heterocycles. The van der Waals surface area contributed by atoms with Crippen molar-refractivity contribution in [2.24, 2.45) is 5.10 Å². The number of nitrogens with zero attached hydrogens (tertiary/aromatic N) is 3. The molecule has 0 aromatic heterocycles. The number of amides is 1. The Hall–Kier alpha value is -3.12. The fourth-order valence-electron chi connectivity index (χ4n) is 4.91. The van der Waals surface area contributed by atoms with Crippen LogP contribution in [0.3, 0.4) is 0 Å². The molecule has 154 valence electrons. The fraction of sp³-hybridized carbons (Fsp3) is 0.200. The summed E-state index contributed by atoms with van der Waals surface area (Å²) in [4.78, 5) is 15.5. The van der Waals surface area contributed by atoms with Crippen LogP contribution < -0.4 is 9.64 Å². The minimum atomic E-state index is -1.31. The van der Waals surface area contributed by atoms with Crippen LogP contribution in [0.15, 0.2) is 76.3 Å². The summed E-state index contributed by atoms with van der Waals surface area (Å²) >= 11 is 3.59. The molecule has 2 unspecified atom stereocenters. The minimum Gasteiger partial charge on any atom is -0.453 e. The Bertz CT molecular complexity index is 1270. The van der Waals surface area contributed by atoms with Crippen molar-refractivity contribution in [3.63, 3.8) is 0 Å². The summed E-state index contributed by atoms with van der Waals surface area (Å²) in [6, 6.07) is 22.1. The highest BCUT2D eigenvalue weighted by molar-refractivity contribution is 9.10. The molecule has 0 fully saturated rings. The first-order valence-electron chi connectivity index (χ1n) is 10.3. The molecule has 1 spiro atoms. The monoisotopic (exact) mass is 473 g/mol. The van der Waals surface area contributed by atoms with Crippen molar-refractivity contribution in [3.05, 3.63) is 93.5 Å². The summed E-state index contributed by atoms with van der Waals surface area (Å²) in [5.74, 6) is 0.606. The van der Waals surface area contributed by atoms with Gasteiger partial charge in [-0.25, -0.2) is 5.01 Å². The van der Waals surface area contributed by atoms with Crippen LogP contribution in [0.25, 0.3) is 0 Å². The van der Waals surface area contributed by atoms with Crippen LogP contribution in [-0.4, -0.2) is 23.7 Å². The van der Waals surface area contributed by atoms with Gasteiger partial charge in [0.1, 0.15) is 5.75 Å². The Kier molecular flexibility index (Phi) is 3.87. The van der Waals surface area contributed by atoms with Crippen LogP contribution in [0.1, 0.15) is 34.7 Å². The van der Waals surface area contributed by atoms with Crippen molar-refractivity contribution >= 4 is 33.2 Å². The molecular formula is C25H20BrN3O2. The molecule has 3 aromatic rings. The van der Waals surface area contributed by atoms with E-state index in [9.17, 15) is 4.79 Å². The first-order valence-corrected chi connectivity index (χ1v) is 11.1. The van der Waals surface area contributed by atoms with E-state index < -0.39 is 5.72 Å². The van der Waals surface area contributed by atoms with Crippen molar-refractivity contribution in [1.82, 2.24) is 5.01 Å². The van der Waals surface area contributed by atoms with Crippen LogP contribution in [0.4, 0.5) is 5.69 Å². The number of carbonyl (C=O) groups excluding carboxylic acids is 1. The van der Waals surface area contributed by atoms with E-state index in [1.165, 1.54) is 0 Å². The van der Waals surface area contributed by atoms with E-state index in [1.807, 2.05) is 60.5 Å². The molecular weight excluding hydrogens is 454 g/mol. The molecule has 0 radical (unpaired) electrons. The van der Waals surface area contributed by atoms with Gasteiger partial charge in [0, 0.05) is 23.5 Å². The SMILES string of the molecule is Cc1ccc2c(c1)C1(Oc3ccc(Br)cc3C3CC(c4ccccc4)=NN31)C(=O)N2C. The summed E-state index contributed by atoms with van der Waals surface area (Å²) < 4.78 is 7.58. The quantitative estimate of drug-likeness (QED) is 0.491. The number of hydrogen-bond donors (Lipinski definition) is 0. The average Bonchev–Trinajstić information content (AvgIpc) is 3.31. The van der Waals surface area contributed by atoms with Crippen molar-refractivity contribution in [1.29, 1.82) is 0 Å². The summed E-state index contributed by atoms with van der Waals surface area (Å²) in [6.07, 6.45) is 0.705. The van der Waals surface area contributed by atoms with Gasteiger partial charge in [-0.1, -0.05) is 57.9 Å². The molecule has 0 saturated carbocycles. The summed E-state index contributed by atoms with van der Waals surface area (Å²) in [6.45, 7) is 2.03. The van der Waals surface area contributed by atoms with Gasteiger partial charge in [-0.2, -0.15) is 5.10 Å². The molecule has 1 amide bonds. The van der Waals surface area contributed by atoms with Crippen molar-refractivity contribution in [2.75, 3.05) is 11.9 Å². The maximum absolute atomic E-state index is 13.8. The number of halogens is 1. The normalized spacial score (nSPS) is 23.4. The van der Waals surface area contributed by atoms with Gasteiger partial charge < -0.3 is 9.64 Å². The highest BCUT2D eigenvalue weighted by Gasteiger charge is 2.62. The number of likely N-dealkylation sites (N-methyl/N-ethyl adjacent to an activating group) is 1. The summed E-state index contributed by atoms with van der Waals surface area (Å²) in [5, 5.41) is 6.92. The van der Waals surface area contributed by atoms with Crippen LogP contribution in [0, 0.1) is 6.92 Å². The topological polar surface area (TPSA) is 45.1 Å². The largest absolute Gasteiger partial charge is 0.453 e. The lowest BCUT2D eigenvalue weighted by Crippen LogP contribution is -2.56. The van der Waals surface area contributed by atoms with Gasteiger partial charge in [-0.15, -0.1) is 0 Å². The van der Waals surface area contributed by atoms with Crippen LogP contribution >= 0.6 is 15.9 Å². The van der Waals surface area contributed by atoms with Gasteiger partial charge >= 0.3 is 5.72 Å². The second-order valence-corrected chi connectivity index (χ2v) is 9.21. The Morgan fingerprint density at radius 1 is 1.10 bits per heavy atom. The van der Waals surface area contributed by atoms with Gasteiger partial charge in [0.15, 0.2) is 0 Å². The van der Waals surface area contributed by atoms with Crippen LogP contribution in [0.5, 0.6) is 5.75 Å². The van der Waals surface area contributed by atoms with Gasteiger partial charge in [-0.3, -0.25) is 4.79 Å². The number of fused-ring (bicyclic) bond motifs is 6. The van der Waals surface area contributed by atoms with Crippen LogP contribution in [0.2, 0.25) is 0 Å². The molecule has 0 bridgehead atoms. The maximum Gasteiger partial charge on any atom is 0.306 e. The molecule has 5 nitrogen and oxygen atoms in total. The van der Waals surface area contributed by atoms with Crippen molar-refractivity contribution in [2.45, 2.75) is 25.1 Å². The first-order chi connectivity index (χ1) is 15.0. The Morgan fingerprint density at radius 3 is 2.71 bits per heavy atom. The summed E-state index contributed by atoms with van der Waals surface area (Å²) in [7, 11) is 1.80. The number of benzene rings is 3. The first kappa shape index (κ1) is 18.6. The second-order valence-electron chi connectivity index (χ2n) is 8.29. The van der Waals surface area contributed by atoms with E-state index in [0.29, 0.717) is 6.42 Å². The third-order valence-corrected chi connectivity index (χ3v) is 6.89. The molecule has 0 saturated heterocycles. The molecule has 2 atom stereocenters. The number of carbonyl (C=O) groups is 1. The van der Waals surface area contributed by atoms with E-state index >= 15 is 0 Å².